The van der Waals surface area contributed by atoms with Crippen molar-refractivity contribution in [2.24, 2.45) is 0 Å². The highest BCUT2D eigenvalue weighted by molar-refractivity contribution is 5.75. The third kappa shape index (κ3) is 13.2. The normalized spacial score (nSPS) is 11.3. The van der Waals surface area contributed by atoms with Crippen molar-refractivity contribution in [2.75, 3.05) is 40.3 Å². The highest BCUT2D eigenvalue weighted by Gasteiger charge is 1.97. The van der Waals surface area contributed by atoms with Crippen LogP contribution >= 0.6 is 0 Å². The van der Waals surface area contributed by atoms with Gasteiger partial charge < -0.3 is 15.5 Å². The van der Waals surface area contributed by atoms with Gasteiger partial charge in [-0.1, -0.05) is 25.5 Å². The first-order chi connectivity index (χ1) is 8.66. The van der Waals surface area contributed by atoms with Gasteiger partial charge in [-0.05, 0) is 26.9 Å². The molecule has 0 aromatic rings. The van der Waals surface area contributed by atoms with Crippen LogP contribution in [0.5, 0.6) is 0 Å². The Labute approximate surface area is 112 Å². The maximum Gasteiger partial charge on any atom is 0.220 e. The smallest absolute Gasteiger partial charge is 0.220 e. The Hall–Kier alpha value is -0.870. The summed E-state index contributed by atoms with van der Waals surface area (Å²) in [5.41, 5.74) is 0. The Morgan fingerprint density at radius 1 is 1.11 bits per heavy atom. The molecular formula is C14H29N3O. The van der Waals surface area contributed by atoms with Crippen molar-refractivity contribution in [3.8, 4) is 0 Å². The van der Waals surface area contributed by atoms with Gasteiger partial charge in [0.15, 0.2) is 0 Å². The van der Waals surface area contributed by atoms with Crippen LogP contribution in [-0.4, -0.2) is 51.1 Å². The molecule has 0 rings (SSSR count). The van der Waals surface area contributed by atoms with E-state index in [1.54, 1.807) is 0 Å². The van der Waals surface area contributed by atoms with Crippen molar-refractivity contribution >= 4 is 5.91 Å². The highest BCUT2D eigenvalue weighted by atomic mass is 16.1. The van der Waals surface area contributed by atoms with E-state index < -0.39 is 0 Å². The van der Waals surface area contributed by atoms with Crippen molar-refractivity contribution in [3.05, 3.63) is 12.2 Å². The van der Waals surface area contributed by atoms with Crippen molar-refractivity contribution in [1.82, 2.24) is 15.5 Å². The fourth-order valence-corrected chi connectivity index (χ4v) is 1.42. The molecule has 0 aliphatic heterocycles. The minimum Gasteiger partial charge on any atom is -0.355 e. The number of nitrogens with zero attached hydrogens (tertiary/aromatic N) is 1. The average molecular weight is 255 g/mol. The quantitative estimate of drug-likeness (QED) is 0.433. The molecule has 0 heterocycles. The number of allylic oxidation sites excluding steroid dienone is 2. The van der Waals surface area contributed by atoms with Gasteiger partial charge in [0.05, 0.1) is 0 Å². The molecule has 0 aromatic carbocycles. The van der Waals surface area contributed by atoms with E-state index in [9.17, 15) is 4.79 Å². The molecule has 0 atom stereocenters. The molecule has 4 heteroatoms. The van der Waals surface area contributed by atoms with E-state index in [2.05, 4.69) is 48.7 Å². The van der Waals surface area contributed by atoms with Crippen LogP contribution in [0, 0.1) is 0 Å². The average Bonchev–Trinajstić information content (AvgIpc) is 2.33. The van der Waals surface area contributed by atoms with E-state index in [0.29, 0.717) is 13.0 Å². The second-order valence-electron chi connectivity index (χ2n) is 4.70. The molecule has 0 bridgehead atoms. The number of nitrogens with one attached hydrogen (secondary N) is 2. The highest BCUT2D eigenvalue weighted by Crippen LogP contribution is 1.94. The molecule has 0 unspecified atom stereocenters. The number of hydrogen-bond acceptors (Lipinski definition) is 3. The maximum absolute atomic E-state index is 11.4. The van der Waals surface area contributed by atoms with Crippen molar-refractivity contribution in [3.63, 3.8) is 0 Å². The van der Waals surface area contributed by atoms with Crippen LogP contribution < -0.4 is 10.6 Å². The van der Waals surface area contributed by atoms with Gasteiger partial charge in [-0.3, -0.25) is 4.79 Å². The maximum atomic E-state index is 11.4. The lowest BCUT2D eigenvalue weighted by Gasteiger charge is -2.10. The van der Waals surface area contributed by atoms with Crippen LogP contribution in [0.4, 0.5) is 0 Å². The lowest BCUT2D eigenvalue weighted by molar-refractivity contribution is -0.120. The van der Waals surface area contributed by atoms with Gasteiger partial charge in [-0.2, -0.15) is 0 Å². The predicted octanol–water partition coefficient (Wildman–Crippen LogP) is 1.39. The van der Waals surface area contributed by atoms with E-state index in [1.165, 1.54) is 6.42 Å². The summed E-state index contributed by atoms with van der Waals surface area (Å²) in [5, 5.41) is 6.20. The third-order valence-corrected chi connectivity index (χ3v) is 2.52. The van der Waals surface area contributed by atoms with E-state index >= 15 is 0 Å². The molecule has 0 spiro atoms. The molecule has 2 N–H and O–H groups in total. The molecule has 18 heavy (non-hydrogen) atoms. The van der Waals surface area contributed by atoms with E-state index in [0.717, 1.165) is 32.5 Å². The minimum atomic E-state index is 0.144. The number of rotatable bonds is 11. The van der Waals surface area contributed by atoms with Gasteiger partial charge in [0.2, 0.25) is 5.91 Å². The van der Waals surface area contributed by atoms with Crippen LogP contribution in [-0.2, 0) is 4.79 Å². The number of carbonyl (C=O) groups excluding carboxylic acids is 1. The summed E-state index contributed by atoms with van der Waals surface area (Å²) >= 11 is 0. The number of likely N-dealkylation sites (N-methyl/N-ethyl adjacent to an activating group) is 1. The number of unbranched alkanes of at least 4 members (excludes halogenated alkanes) is 1. The molecule has 0 aliphatic rings. The van der Waals surface area contributed by atoms with E-state index in [4.69, 9.17) is 0 Å². The number of hydrogen-bond donors (Lipinski definition) is 2. The SMILES string of the molecule is CCC/C=C/CCC(=O)NCCNCCN(C)C. The van der Waals surface area contributed by atoms with Crippen LogP contribution in [0.2, 0.25) is 0 Å². The first kappa shape index (κ1) is 17.1. The fraction of sp³-hybridized carbons (Fsp3) is 0.786. The number of carbonyl (C=O) groups is 1. The van der Waals surface area contributed by atoms with E-state index in [-0.39, 0.29) is 5.91 Å². The molecule has 0 aromatic heterocycles. The lowest BCUT2D eigenvalue weighted by atomic mass is 10.2. The number of amides is 1. The zero-order chi connectivity index (χ0) is 13.6. The predicted molar refractivity (Wildman–Crippen MR) is 77.7 cm³/mol. The summed E-state index contributed by atoms with van der Waals surface area (Å²) in [4.78, 5) is 13.6. The molecule has 1 amide bonds. The van der Waals surface area contributed by atoms with Crippen LogP contribution in [0.25, 0.3) is 0 Å². The van der Waals surface area contributed by atoms with Crippen LogP contribution in [0.15, 0.2) is 12.2 Å². The molecule has 106 valence electrons. The van der Waals surface area contributed by atoms with Crippen LogP contribution in [0.1, 0.15) is 32.6 Å². The summed E-state index contributed by atoms with van der Waals surface area (Å²) in [6.45, 7) is 5.69. The summed E-state index contributed by atoms with van der Waals surface area (Å²) in [7, 11) is 4.10. The van der Waals surface area contributed by atoms with Gasteiger partial charge in [-0.15, -0.1) is 0 Å². The monoisotopic (exact) mass is 255 g/mol. The zero-order valence-corrected chi connectivity index (χ0v) is 12.2. The Bertz CT molecular complexity index is 227. The summed E-state index contributed by atoms with van der Waals surface area (Å²) in [5.74, 6) is 0.144. The largest absolute Gasteiger partial charge is 0.355 e. The summed E-state index contributed by atoms with van der Waals surface area (Å²) in [6, 6.07) is 0. The second kappa shape index (κ2) is 12.6. The van der Waals surface area contributed by atoms with E-state index in [1.807, 2.05) is 0 Å². The van der Waals surface area contributed by atoms with Crippen molar-refractivity contribution in [2.45, 2.75) is 32.6 Å². The molecular weight excluding hydrogens is 226 g/mol. The van der Waals surface area contributed by atoms with Gasteiger partial charge in [-0.25, -0.2) is 0 Å². The Morgan fingerprint density at radius 3 is 2.50 bits per heavy atom. The topological polar surface area (TPSA) is 44.4 Å². The second-order valence-corrected chi connectivity index (χ2v) is 4.70. The summed E-state index contributed by atoms with van der Waals surface area (Å²) in [6.07, 6.45) is 7.96. The van der Waals surface area contributed by atoms with Crippen LogP contribution in [0.3, 0.4) is 0 Å². The Morgan fingerprint density at radius 2 is 1.83 bits per heavy atom. The van der Waals surface area contributed by atoms with Crippen molar-refractivity contribution in [1.29, 1.82) is 0 Å². The molecule has 0 radical (unpaired) electrons. The summed E-state index contributed by atoms with van der Waals surface area (Å²) < 4.78 is 0. The Kier molecular flexibility index (Phi) is 12.0. The zero-order valence-electron chi connectivity index (χ0n) is 12.2. The van der Waals surface area contributed by atoms with Gasteiger partial charge >= 0.3 is 0 Å². The van der Waals surface area contributed by atoms with Gasteiger partial charge in [0.1, 0.15) is 0 Å². The third-order valence-electron chi connectivity index (χ3n) is 2.52. The Balaban J connectivity index is 3.27. The fourth-order valence-electron chi connectivity index (χ4n) is 1.42. The van der Waals surface area contributed by atoms with Gasteiger partial charge in [0, 0.05) is 32.6 Å². The molecule has 0 saturated heterocycles. The molecule has 4 nitrogen and oxygen atoms in total. The van der Waals surface area contributed by atoms with Crippen molar-refractivity contribution < 1.29 is 4.79 Å². The first-order valence-corrected chi connectivity index (χ1v) is 6.94. The standard InChI is InChI=1S/C14H29N3O/c1-4-5-6-7-8-9-14(18)16-11-10-15-12-13-17(2)3/h6-7,15H,4-5,8-13H2,1-3H3,(H,16,18)/b7-6+. The molecule has 0 aliphatic carbocycles. The molecule has 0 saturated carbocycles. The first-order valence-electron chi connectivity index (χ1n) is 6.94. The minimum absolute atomic E-state index is 0.144. The lowest BCUT2D eigenvalue weighted by Crippen LogP contribution is -2.34. The molecule has 0 fully saturated rings. The van der Waals surface area contributed by atoms with Gasteiger partial charge in [0.25, 0.3) is 0 Å².